The number of pyridine rings is 1. The molecule has 0 saturated heterocycles. The van der Waals surface area contributed by atoms with Crippen molar-refractivity contribution in [2.75, 3.05) is 0 Å². The van der Waals surface area contributed by atoms with Gasteiger partial charge in [-0.25, -0.2) is 4.98 Å². The molecule has 100 valence electrons. The van der Waals surface area contributed by atoms with Gasteiger partial charge in [-0.05, 0) is 24.3 Å². The molecular weight excluding hydrogens is 266 g/mol. The largest absolute Gasteiger partial charge is 0.435 e. The highest BCUT2D eigenvalue weighted by Gasteiger charge is 2.46. The van der Waals surface area contributed by atoms with E-state index in [1.165, 1.54) is 30.5 Å². The van der Waals surface area contributed by atoms with E-state index in [2.05, 4.69) is 9.97 Å². The van der Waals surface area contributed by atoms with Gasteiger partial charge in [-0.1, -0.05) is 12.1 Å². The van der Waals surface area contributed by atoms with Crippen LogP contribution in [0.3, 0.4) is 0 Å². The lowest BCUT2D eigenvalue weighted by Crippen LogP contribution is -2.26. The number of carbonyl (C=O) groups is 1. The van der Waals surface area contributed by atoms with E-state index in [0.717, 1.165) is 6.20 Å². The van der Waals surface area contributed by atoms with Crippen molar-refractivity contribution in [2.45, 2.75) is 5.92 Å². The van der Waals surface area contributed by atoms with Crippen LogP contribution in [-0.4, -0.2) is 15.8 Å². The van der Waals surface area contributed by atoms with Crippen LogP contribution in [0.15, 0.2) is 53.2 Å². The van der Waals surface area contributed by atoms with E-state index in [1.807, 2.05) is 0 Å². The minimum atomic E-state index is -3.83. The van der Waals surface area contributed by atoms with Crippen LogP contribution in [0.1, 0.15) is 16.2 Å². The maximum atomic E-state index is 14.1. The summed E-state index contributed by atoms with van der Waals surface area (Å²) in [7, 11) is 0. The van der Waals surface area contributed by atoms with Crippen molar-refractivity contribution in [2.24, 2.45) is 0 Å². The number of rotatable bonds is 3. The van der Waals surface area contributed by atoms with Gasteiger partial charge in [0, 0.05) is 18.0 Å². The Bertz CT molecular complexity index is 736. The van der Waals surface area contributed by atoms with Gasteiger partial charge in [0.15, 0.2) is 5.58 Å². The average molecular weight is 274 g/mol. The highest BCUT2D eigenvalue weighted by molar-refractivity contribution is 6.01. The van der Waals surface area contributed by atoms with Crippen molar-refractivity contribution in [3.8, 4) is 0 Å². The first-order valence-corrected chi connectivity index (χ1v) is 5.78. The van der Waals surface area contributed by atoms with Crippen LogP contribution < -0.4 is 0 Å². The van der Waals surface area contributed by atoms with Gasteiger partial charge in [-0.15, -0.1) is 0 Å². The molecule has 2 aromatic heterocycles. The van der Waals surface area contributed by atoms with Crippen LogP contribution in [-0.2, 0) is 5.92 Å². The molecular formula is C14H8F2N2O2. The molecule has 0 unspecified atom stereocenters. The maximum absolute atomic E-state index is 14.1. The number of carbonyl (C=O) groups excluding carboxylic acids is 1. The fourth-order valence-corrected chi connectivity index (χ4v) is 1.78. The first-order valence-electron chi connectivity index (χ1n) is 5.78. The molecule has 0 saturated carbocycles. The number of hydrogen-bond acceptors (Lipinski definition) is 4. The summed E-state index contributed by atoms with van der Waals surface area (Å²) in [5.74, 6) is -6.13. The molecule has 0 aliphatic heterocycles. The van der Waals surface area contributed by atoms with Crippen molar-refractivity contribution < 1.29 is 18.0 Å². The number of ketones is 1. The Morgan fingerprint density at radius 2 is 1.95 bits per heavy atom. The highest BCUT2D eigenvalue weighted by Crippen LogP contribution is 2.33. The molecule has 20 heavy (non-hydrogen) atoms. The molecule has 0 radical (unpaired) electrons. The Kier molecular flexibility index (Phi) is 2.78. The van der Waals surface area contributed by atoms with Crippen molar-refractivity contribution >= 4 is 16.9 Å². The number of nitrogens with zero attached hydrogens (tertiary/aromatic N) is 2. The summed E-state index contributed by atoms with van der Waals surface area (Å²) in [6.45, 7) is 0. The zero-order valence-corrected chi connectivity index (χ0v) is 10.1. The molecule has 3 aromatic rings. The minimum Gasteiger partial charge on any atom is -0.435 e. The number of benzene rings is 1. The van der Waals surface area contributed by atoms with E-state index >= 15 is 0 Å². The molecule has 0 atom stereocenters. The molecule has 2 heterocycles. The molecule has 6 heteroatoms. The molecule has 0 spiro atoms. The first kappa shape index (κ1) is 12.4. The summed E-state index contributed by atoms with van der Waals surface area (Å²) in [4.78, 5) is 19.2. The average Bonchev–Trinajstić information content (AvgIpc) is 2.92. The lowest BCUT2D eigenvalue weighted by molar-refractivity contribution is -0.00926. The van der Waals surface area contributed by atoms with Crippen LogP contribution in [0.2, 0.25) is 0 Å². The maximum Gasteiger partial charge on any atom is 0.383 e. The summed E-state index contributed by atoms with van der Waals surface area (Å²) in [6.07, 6.45) is 2.48. The molecule has 0 aliphatic carbocycles. The Balaban J connectivity index is 2.05. The summed E-state index contributed by atoms with van der Waals surface area (Å²) in [6, 6.07) is 9.01. The number of oxazole rings is 1. The molecule has 1 aromatic carbocycles. The highest BCUT2D eigenvalue weighted by atomic mass is 19.3. The van der Waals surface area contributed by atoms with E-state index in [9.17, 15) is 13.6 Å². The van der Waals surface area contributed by atoms with Gasteiger partial charge in [0.05, 0.1) is 0 Å². The number of alkyl halides is 2. The van der Waals surface area contributed by atoms with Gasteiger partial charge in [-0.3, -0.25) is 9.78 Å². The van der Waals surface area contributed by atoms with Gasteiger partial charge in [0.25, 0.3) is 5.89 Å². The number of para-hydroxylation sites is 2. The smallest absolute Gasteiger partial charge is 0.383 e. The number of hydrogen-bond donors (Lipinski definition) is 0. The zero-order valence-electron chi connectivity index (χ0n) is 10.1. The third-order valence-electron chi connectivity index (χ3n) is 2.77. The molecule has 0 amide bonds. The van der Waals surface area contributed by atoms with Gasteiger partial charge in [0.1, 0.15) is 5.52 Å². The Morgan fingerprint density at radius 1 is 1.15 bits per heavy atom. The second-order valence-electron chi connectivity index (χ2n) is 4.13. The number of fused-ring (bicyclic) bond motifs is 1. The van der Waals surface area contributed by atoms with Crippen molar-refractivity contribution in [1.29, 1.82) is 0 Å². The van der Waals surface area contributed by atoms with Crippen molar-refractivity contribution in [3.63, 3.8) is 0 Å². The Labute approximate surface area is 112 Å². The number of aromatic nitrogens is 2. The molecule has 0 fully saturated rings. The standard InChI is InChI=1S/C14H8F2N2O2/c15-14(16,12(19)9-4-3-7-17-8-9)13-18-10-5-1-2-6-11(10)20-13/h1-8H. The summed E-state index contributed by atoms with van der Waals surface area (Å²) in [5.41, 5.74) is 0.294. The van der Waals surface area contributed by atoms with Gasteiger partial charge >= 0.3 is 5.92 Å². The van der Waals surface area contributed by atoms with E-state index in [1.54, 1.807) is 12.1 Å². The van der Waals surface area contributed by atoms with E-state index < -0.39 is 17.6 Å². The predicted octanol–water partition coefficient (Wildman–Crippen LogP) is 3.20. The second-order valence-corrected chi connectivity index (χ2v) is 4.13. The normalized spacial score (nSPS) is 11.7. The quantitative estimate of drug-likeness (QED) is 0.688. The summed E-state index contributed by atoms with van der Waals surface area (Å²) < 4.78 is 33.3. The Hall–Kier alpha value is -2.63. The van der Waals surface area contributed by atoms with Crippen LogP contribution in [0.5, 0.6) is 0 Å². The molecule has 0 N–H and O–H groups in total. The lowest BCUT2D eigenvalue weighted by Gasteiger charge is -2.10. The first-order chi connectivity index (χ1) is 9.59. The fourth-order valence-electron chi connectivity index (χ4n) is 1.78. The molecule has 0 bridgehead atoms. The molecule has 4 nitrogen and oxygen atoms in total. The van der Waals surface area contributed by atoms with E-state index in [4.69, 9.17) is 4.42 Å². The Morgan fingerprint density at radius 3 is 2.65 bits per heavy atom. The second kappa shape index (κ2) is 4.48. The van der Waals surface area contributed by atoms with E-state index in [0.29, 0.717) is 0 Å². The topological polar surface area (TPSA) is 56.0 Å². The van der Waals surface area contributed by atoms with Gasteiger partial charge < -0.3 is 4.42 Å². The zero-order chi connectivity index (χ0) is 14.2. The van der Waals surface area contributed by atoms with Crippen LogP contribution in [0.4, 0.5) is 8.78 Å². The van der Waals surface area contributed by atoms with Crippen molar-refractivity contribution in [1.82, 2.24) is 9.97 Å². The predicted molar refractivity (Wildman–Crippen MR) is 66.5 cm³/mol. The van der Waals surface area contributed by atoms with Crippen molar-refractivity contribution in [3.05, 3.63) is 60.2 Å². The third-order valence-corrected chi connectivity index (χ3v) is 2.77. The van der Waals surface area contributed by atoms with Gasteiger partial charge in [-0.2, -0.15) is 8.78 Å². The lowest BCUT2D eigenvalue weighted by atomic mass is 10.1. The third kappa shape index (κ3) is 1.95. The van der Waals surface area contributed by atoms with Gasteiger partial charge in [0.2, 0.25) is 5.78 Å². The fraction of sp³-hybridized carbons (Fsp3) is 0.0714. The number of halogens is 2. The summed E-state index contributed by atoms with van der Waals surface area (Å²) >= 11 is 0. The number of Topliss-reactive ketones (excluding diaryl/α,β-unsaturated/α-hetero) is 1. The van der Waals surface area contributed by atoms with Crippen LogP contribution in [0, 0.1) is 0 Å². The minimum absolute atomic E-state index is 0.195. The molecule has 0 aliphatic rings. The monoisotopic (exact) mass is 274 g/mol. The van der Waals surface area contributed by atoms with E-state index in [-0.39, 0.29) is 16.7 Å². The molecule has 3 rings (SSSR count). The SMILES string of the molecule is O=C(c1cccnc1)C(F)(F)c1nc2ccccc2o1. The summed E-state index contributed by atoms with van der Waals surface area (Å²) in [5, 5.41) is 0. The van der Waals surface area contributed by atoms with Crippen LogP contribution in [0.25, 0.3) is 11.1 Å². The van der Waals surface area contributed by atoms with Crippen LogP contribution >= 0.6 is 0 Å².